The summed E-state index contributed by atoms with van der Waals surface area (Å²) in [5.74, 6) is -0.180. The molecule has 0 unspecified atom stereocenters. The number of carbonyl (C=O) groups excluding carboxylic acids is 1. The first-order valence-corrected chi connectivity index (χ1v) is 5.39. The fourth-order valence-corrected chi connectivity index (χ4v) is 1.91. The number of rotatable bonds is 4. The lowest BCUT2D eigenvalue weighted by Crippen LogP contribution is -2.09. The molecule has 12 heavy (non-hydrogen) atoms. The molecule has 1 heterocycles. The monoisotopic (exact) mass is 280 g/mol. The van der Waals surface area contributed by atoms with Gasteiger partial charge in [0.1, 0.15) is 6.10 Å². The molecule has 0 saturated carbocycles. The van der Waals surface area contributed by atoms with Crippen molar-refractivity contribution >= 4 is 28.6 Å². The van der Waals surface area contributed by atoms with Crippen LogP contribution in [0.3, 0.4) is 0 Å². The summed E-state index contributed by atoms with van der Waals surface area (Å²) < 4.78 is 6.13. The summed E-state index contributed by atoms with van der Waals surface area (Å²) in [7, 11) is 0. The summed E-state index contributed by atoms with van der Waals surface area (Å²) in [4.78, 5) is 10.8. The van der Waals surface area contributed by atoms with Gasteiger partial charge < -0.3 is 4.74 Å². The van der Waals surface area contributed by atoms with E-state index in [0.717, 1.165) is 16.4 Å². The highest BCUT2D eigenvalue weighted by atomic mass is 127. The first-order valence-electron chi connectivity index (χ1n) is 4.31. The van der Waals surface area contributed by atoms with Crippen molar-refractivity contribution in [2.24, 2.45) is 0 Å². The Bertz CT molecular complexity index is 199. The van der Waals surface area contributed by atoms with Gasteiger partial charge in [-0.05, 0) is 35.4 Å². The third-order valence-corrected chi connectivity index (χ3v) is 2.90. The van der Waals surface area contributed by atoms with Crippen molar-refractivity contribution < 1.29 is 9.53 Å². The zero-order valence-corrected chi connectivity index (χ0v) is 9.34. The average molecular weight is 280 g/mol. The number of ether oxygens (including phenoxy) is 1. The van der Waals surface area contributed by atoms with E-state index in [-0.39, 0.29) is 12.1 Å². The van der Waals surface area contributed by atoms with E-state index in [4.69, 9.17) is 4.74 Å². The largest absolute Gasteiger partial charge is 0.454 e. The van der Waals surface area contributed by atoms with Crippen LogP contribution in [0, 0.1) is 0 Å². The zero-order valence-electron chi connectivity index (χ0n) is 7.18. The van der Waals surface area contributed by atoms with Crippen molar-refractivity contribution in [1.29, 1.82) is 0 Å². The van der Waals surface area contributed by atoms with Crippen LogP contribution < -0.4 is 0 Å². The lowest BCUT2D eigenvalue weighted by molar-refractivity contribution is -0.138. The molecule has 0 saturated heterocycles. The van der Waals surface area contributed by atoms with Crippen molar-refractivity contribution in [3.8, 4) is 0 Å². The second-order valence-corrected chi connectivity index (χ2v) is 4.20. The smallest absolute Gasteiger partial charge is 0.332 e. The Balaban J connectivity index is 2.26. The molecular weight excluding hydrogens is 267 g/mol. The Morgan fingerprint density at radius 3 is 2.83 bits per heavy atom. The van der Waals surface area contributed by atoms with Crippen molar-refractivity contribution in [3.63, 3.8) is 0 Å². The second-order valence-electron chi connectivity index (χ2n) is 2.95. The van der Waals surface area contributed by atoms with Gasteiger partial charge in [-0.15, -0.1) is 0 Å². The summed E-state index contributed by atoms with van der Waals surface area (Å²) in [6.45, 7) is 2.17. The van der Waals surface area contributed by atoms with E-state index in [1.807, 2.05) is 0 Å². The molecule has 3 heteroatoms. The predicted molar refractivity (Wildman–Crippen MR) is 56.1 cm³/mol. The van der Waals surface area contributed by atoms with Crippen LogP contribution in [0.5, 0.6) is 0 Å². The van der Waals surface area contributed by atoms with Crippen LogP contribution in [0.2, 0.25) is 0 Å². The molecule has 0 aromatic carbocycles. The molecular formula is C9H13IO2. The maximum atomic E-state index is 10.8. The van der Waals surface area contributed by atoms with E-state index in [2.05, 4.69) is 29.5 Å². The zero-order chi connectivity index (χ0) is 8.97. The van der Waals surface area contributed by atoms with Gasteiger partial charge in [0.25, 0.3) is 0 Å². The summed E-state index contributed by atoms with van der Waals surface area (Å²) in [5, 5.41) is 0. The van der Waals surface area contributed by atoms with Gasteiger partial charge in [0.2, 0.25) is 0 Å². The molecule has 0 amide bonds. The molecule has 68 valence electrons. The minimum atomic E-state index is -0.180. The van der Waals surface area contributed by atoms with Gasteiger partial charge in [-0.2, -0.15) is 0 Å². The molecule has 1 atom stereocenters. The SMILES string of the molecule is CCCCC[C@H]1OC(=O)C=C1I. The van der Waals surface area contributed by atoms with Crippen LogP contribution in [0.1, 0.15) is 32.6 Å². The number of unbranched alkanes of at least 4 members (excludes halogenated alkanes) is 2. The van der Waals surface area contributed by atoms with Crippen LogP contribution in [-0.2, 0) is 9.53 Å². The third-order valence-electron chi connectivity index (χ3n) is 1.89. The molecule has 0 aromatic rings. The van der Waals surface area contributed by atoms with Crippen LogP contribution in [0.25, 0.3) is 0 Å². The van der Waals surface area contributed by atoms with Crippen molar-refractivity contribution in [2.75, 3.05) is 0 Å². The van der Waals surface area contributed by atoms with Gasteiger partial charge in [-0.1, -0.05) is 19.8 Å². The van der Waals surface area contributed by atoms with Gasteiger partial charge in [0, 0.05) is 9.66 Å². The Morgan fingerprint density at radius 1 is 1.58 bits per heavy atom. The number of halogens is 1. The van der Waals surface area contributed by atoms with Gasteiger partial charge in [0.05, 0.1) is 0 Å². The van der Waals surface area contributed by atoms with Crippen molar-refractivity contribution in [2.45, 2.75) is 38.7 Å². The quantitative estimate of drug-likeness (QED) is 0.449. The van der Waals surface area contributed by atoms with E-state index >= 15 is 0 Å². The van der Waals surface area contributed by atoms with Crippen LogP contribution in [0.15, 0.2) is 9.66 Å². The Labute approximate surface area is 86.5 Å². The molecule has 1 aliphatic heterocycles. The first kappa shape index (κ1) is 10.0. The Hall–Kier alpha value is -0.0600. The third kappa shape index (κ3) is 2.77. The van der Waals surface area contributed by atoms with Crippen LogP contribution in [0.4, 0.5) is 0 Å². The van der Waals surface area contributed by atoms with E-state index in [0.29, 0.717) is 0 Å². The van der Waals surface area contributed by atoms with E-state index < -0.39 is 0 Å². The molecule has 2 nitrogen and oxygen atoms in total. The lowest BCUT2D eigenvalue weighted by atomic mass is 10.1. The number of hydrogen-bond donors (Lipinski definition) is 0. The van der Waals surface area contributed by atoms with E-state index in [9.17, 15) is 4.79 Å². The maximum Gasteiger partial charge on any atom is 0.332 e. The molecule has 1 aliphatic rings. The highest BCUT2D eigenvalue weighted by Gasteiger charge is 2.23. The van der Waals surface area contributed by atoms with Gasteiger partial charge >= 0.3 is 5.97 Å². The Kier molecular flexibility index (Phi) is 4.05. The number of hydrogen-bond acceptors (Lipinski definition) is 2. The standard InChI is InChI=1S/C9H13IO2/c1-2-3-4-5-8-7(10)6-9(11)12-8/h6,8H,2-5H2,1H3/t8-/m1/s1. The molecule has 0 spiro atoms. The van der Waals surface area contributed by atoms with Gasteiger partial charge in [-0.25, -0.2) is 4.79 Å². The molecule has 0 N–H and O–H groups in total. The number of esters is 1. The summed E-state index contributed by atoms with van der Waals surface area (Å²) in [6, 6.07) is 0. The van der Waals surface area contributed by atoms with Crippen molar-refractivity contribution in [1.82, 2.24) is 0 Å². The van der Waals surface area contributed by atoms with E-state index in [1.54, 1.807) is 6.08 Å². The topological polar surface area (TPSA) is 26.3 Å². The summed E-state index contributed by atoms with van der Waals surface area (Å²) in [5.41, 5.74) is 0. The molecule has 0 bridgehead atoms. The highest BCUT2D eigenvalue weighted by molar-refractivity contribution is 14.1. The molecule has 0 aromatic heterocycles. The first-order chi connectivity index (χ1) is 5.74. The van der Waals surface area contributed by atoms with Crippen molar-refractivity contribution in [3.05, 3.63) is 9.66 Å². The lowest BCUT2D eigenvalue weighted by Gasteiger charge is -2.09. The van der Waals surface area contributed by atoms with E-state index in [1.165, 1.54) is 12.8 Å². The van der Waals surface area contributed by atoms with Gasteiger partial charge in [-0.3, -0.25) is 0 Å². The van der Waals surface area contributed by atoms with Crippen LogP contribution >= 0.6 is 22.6 Å². The molecule has 0 aliphatic carbocycles. The maximum absolute atomic E-state index is 10.8. The van der Waals surface area contributed by atoms with Gasteiger partial charge in [0.15, 0.2) is 0 Å². The predicted octanol–water partition coefficient (Wildman–Crippen LogP) is 2.81. The fourth-order valence-electron chi connectivity index (χ4n) is 1.21. The Morgan fingerprint density at radius 2 is 2.33 bits per heavy atom. The number of carbonyl (C=O) groups is 1. The normalized spacial score (nSPS) is 22.3. The fraction of sp³-hybridized carbons (Fsp3) is 0.667. The average Bonchev–Trinajstić information content (AvgIpc) is 2.31. The number of cyclic esters (lactones) is 1. The molecule has 1 rings (SSSR count). The minimum absolute atomic E-state index is 0.0599. The molecule has 0 fully saturated rings. The summed E-state index contributed by atoms with van der Waals surface area (Å²) >= 11 is 2.18. The molecule has 0 radical (unpaired) electrons. The minimum Gasteiger partial charge on any atom is -0.454 e. The summed E-state index contributed by atoms with van der Waals surface area (Å²) in [6.07, 6.45) is 6.20. The van der Waals surface area contributed by atoms with Crippen LogP contribution in [-0.4, -0.2) is 12.1 Å². The second kappa shape index (κ2) is 4.84. The highest BCUT2D eigenvalue weighted by Crippen LogP contribution is 2.25.